The highest BCUT2D eigenvalue weighted by atomic mass is 127. The van der Waals surface area contributed by atoms with Gasteiger partial charge in [-0.1, -0.05) is 48.7 Å². The van der Waals surface area contributed by atoms with E-state index in [1.54, 1.807) is 36.4 Å². The van der Waals surface area contributed by atoms with Crippen LogP contribution in [0.25, 0.3) is 0 Å². The molecule has 2 nitrogen and oxygen atoms in total. The average molecular weight is 345 g/mol. The zero-order valence-corrected chi connectivity index (χ0v) is 10.9. The summed E-state index contributed by atoms with van der Waals surface area (Å²) >= 11 is 18.2. The molecule has 0 bridgehead atoms. The number of halogens is 4. The Morgan fingerprint density at radius 2 is 1.83 bits per heavy atom. The second-order valence-corrected chi connectivity index (χ2v) is 5.95. The van der Waals surface area contributed by atoms with Crippen molar-refractivity contribution in [3.63, 3.8) is 0 Å². The Morgan fingerprint density at radius 3 is 2.08 bits per heavy atom. The Hall–Kier alpha value is 1.07. The molecular formula is C6H8Cl3IO2. The van der Waals surface area contributed by atoms with Gasteiger partial charge in [0.25, 0.3) is 0 Å². The van der Waals surface area contributed by atoms with Crippen LogP contribution in [-0.2, 0) is 9.53 Å². The number of ether oxygens (including phenoxy) is 1. The van der Waals surface area contributed by atoms with Crippen LogP contribution >= 0.6 is 57.4 Å². The lowest BCUT2D eigenvalue weighted by atomic mass is 10.2. The number of esters is 1. The summed E-state index contributed by atoms with van der Waals surface area (Å²) < 4.78 is 2.51. The zero-order valence-electron chi connectivity index (χ0n) is 6.48. The van der Waals surface area contributed by atoms with Gasteiger partial charge in [-0.25, -0.2) is 0 Å². The van der Waals surface area contributed by atoms with E-state index in [2.05, 4.69) is 0 Å². The molecule has 0 radical (unpaired) electrons. The molecule has 72 valence electrons. The summed E-state index contributed by atoms with van der Waals surface area (Å²) in [6.07, 6.45) is 0. The minimum absolute atomic E-state index is 0.213. The van der Waals surface area contributed by atoms with Crippen LogP contribution < -0.4 is 0 Å². The molecule has 0 aliphatic heterocycles. The van der Waals surface area contributed by atoms with E-state index in [4.69, 9.17) is 39.5 Å². The number of carbonyl (C=O) groups excluding carboxylic acids is 1. The van der Waals surface area contributed by atoms with Gasteiger partial charge in [-0.05, 0) is 22.6 Å². The summed E-state index contributed by atoms with van der Waals surface area (Å²) in [5.41, 5.74) is 0. The number of hydrogen-bond acceptors (Lipinski definition) is 2. The van der Waals surface area contributed by atoms with E-state index in [1.807, 2.05) is 0 Å². The molecule has 0 aromatic carbocycles. The van der Waals surface area contributed by atoms with Crippen molar-refractivity contribution in [1.29, 1.82) is 0 Å². The molecule has 0 heterocycles. The molecule has 0 aliphatic rings. The molecule has 0 saturated carbocycles. The number of hydrogen-bond donors (Lipinski definition) is 0. The molecule has 0 saturated heterocycles. The Bertz CT molecular complexity index is 167. The molecule has 0 N–H and O–H groups in total. The van der Waals surface area contributed by atoms with Crippen molar-refractivity contribution in [2.75, 3.05) is 0 Å². The van der Waals surface area contributed by atoms with Crippen molar-refractivity contribution in [2.24, 2.45) is 5.92 Å². The zero-order chi connectivity index (χ0) is 9.94. The van der Waals surface area contributed by atoms with Gasteiger partial charge in [-0.2, -0.15) is 0 Å². The van der Waals surface area contributed by atoms with Crippen molar-refractivity contribution < 1.29 is 9.53 Å². The fourth-order valence-corrected chi connectivity index (χ4v) is 0.689. The molecular weight excluding hydrogens is 337 g/mol. The summed E-state index contributed by atoms with van der Waals surface area (Å²) in [5, 5.41) is 0. The van der Waals surface area contributed by atoms with E-state index in [1.165, 1.54) is 0 Å². The van der Waals surface area contributed by atoms with Gasteiger partial charge in [0.05, 0.1) is 5.92 Å². The SMILES string of the molecule is CC(C)C(=O)OC(I)C(Cl)(Cl)Cl. The molecule has 6 heteroatoms. The molecule has 0 fully saturated rings. The summed E-state index contributed by atoms with van der Waals surface area (Å²) in [5.74, 6) is -0.588. The standard InChI is InChI=1S/C6H8Cl3IO2/c1-3(2)4(11)12-5(10)6(7,8)9/h3,5H,1-2H3. The van der Waals surface area contributed by atoms with Gasteiger partial charge < -0.3 is 4.74 Å². The van der Waals surface area contributed by atoms with Crippen LogP contribution in [0.5, 0.6) is 0 Å². The maximum Gasteiger partial charge on any atom is 0.309 e. The van der Waals surface area contributed by atoms with Crippen LogP contribution in [0.3, 0.4) is 0 Å². The van der Waals surface area contributed by atoms with Crippen molar-refractivity contribution >= 4 is 63.4 Å². The van der Waals surface area contributed by atoms with Crippen molar-refractivity contribution in [2.45, 2.75) is 21.8 Å². The smallest absolute Gasteiger partial charge is 0.309 e. The summed E-state index contributed by atoms with van der Waals surface area (Å²) in [6.45, 7) is 3.42. The Labute approximate surface area is 100 Å². The van der Waals surface area contributed by atoms with Gasteiger partial charge in [0.15, 0.2) is 4.11 Å². The number of carbonyl (C=O) groups is 1. The van der Waals surface area contributed by atoms with Crippen LogP contribution in [0, 0.1) is 5.92 Å². The number of alkyl halides is 4. The van der Waals surface area contributed by atoms with Crippen LogP contribution in [0.2, 0.25) is 0 Å². The maximum atomic E-state index is 11.0. The molecule has 0 amide bonds. The summed E-state index contributed by atoms with van der Waals surface area (Å²) in [6, 6.07) is 0. The highest BCUT2D eigenvalue weighted by Crippen LogP contribution is 2.36. The predicted molar refractivity (Wildman–Crippen MR) is 59.0 cm³/mol. The first kappa shape index (κ1) is 13.1. The van der Waals surface area contributed by atoms with Gasteiger partial charge in [0.2, 0.25) is 3.79 Å². The lowest BCUT2D eigenvalue weighted by Crippen LogP contribution is -2.27. The molecule has 0 aromatic rings. The normalized spacial score (nSPS) is 14.6. The minimum Gasteiger partial charge on any atom is -0.447 e. The third-order valence-corrected chi connectivity index (χ3v) is 3.84. The van der Waals surface area contributed by atoms with E-state index in [0.717, 1.165) is 0 Å². The Morgan fingerprint density at radius 1 is 1.42 bits per heavy atom. The summed E-state index contributed by atoms with van der Waals surface area (Å²) in [7, 11) is 0. The lowest BCUT2D eigenvalue weighted by Gasteiger charge is -2.19. The predicted octanol–water partition coefficient (Wildman–Crippen LogP) is 3.32. The highest BCUT2D eigenvalue weighted by molar-refractivity contribution is 14.1. The molecule has 1 atom stereocenters. The first-order chi connectivity index (χ1) is 5.25. The quantitative estimate of drug-likeness (QED) is 0.436. The molecule has 0 aromatic heterocycles. The molecule has 12 heavy (non-hydrogen) atoms. The lowest BCUT2D eigenvalue weighted by molar-refractivity contribution is -0.148. The maximum absolute atomic E-state index is 11.0. The third-order valence-electron chi connectivity index (χ3n) is 0.948. The van der Waals surface area contributed by atoms with Crippen molar-refractivity contribution in [3.05, 3.63) is 0 Å². The highest BCUT2D eigenvalue weighted by Gasteiger charge is 2.33. The van der Waals surface area contributed by atoms with Gasteiger partial charge >= 0.3 is 5.97 Å². The number of rotatable bonds is 2. The molecule has 0 spiro atoms. The van der Waals surface area contributed by atoms with E-state index < -0.39 is 7.90 Å². The topological polar surface area (TPSA) is 26.3 Å². The van der Waals surface area contributed by atoms with Gasteiger partial charge in [-0.15, -0.1) is 0 Å². The van der Waals surface area contributed by atoms with Crippen molar-refractivity contribution in [3.8, 4) is 0 Å². The Balaban J connectivity index is 4.02. The average Bonchev–Trinajstić information content (AvgIpc) is 1.85. The monoisotopic (exact) mass is 344 g/mol. The molecule has 1 unspecified atom stereocenters. The fraction of sp³-hybridized carbons (Fsp3) is 0.833. The van der Waals surface area contributed by atoms with E-state index in [-0.39, 0.29) is 11.9 Å². The first-order valence-corrected chi connectivity index (χ1v) is 5.54. The van der Waals surface area contributed by atoms with Gasteiger partial charge in [0, 0.05) is 0 Å². The molecule has 0 aliphatic carbocycles. The van der Waals surface area contributed by atoms with Crippen LogP contribution in [0.15, 0.2) is 0 Å². The van der Waals surface area contributed by atoms with E-state index in [9.17, 15) is 4.79 Å². The van der Waals surface area contributed by atoms with E-state index in [0.29, 0.717) is 0 Å². The molecule has 0 rings (SSSR count). The van der Waals surface area contributed by atoms with Crippen LogP contribution in [0.1, 0.15) is 13.8 Å². The second kappa shape index (κ2) is 5.08. The third kappa shape index (κ3) is 4.94. The van der Waals surface area contributed by atoms with Gasteiger partial charge in [0.1, 0.15) is 0 Å². The van der Waals surface area contributed by atoms with Crippen LogP contribution in [0.4, 0.5) is 0 Å². The van der Waals surface area contributed by atoms with Gasteiger partial charge in [-0.3, -0.25) is 4.79 Å². The van der Waals surface area contributed by atoms with E-state index >= 15 is 0 Å². The van der Waals surface area contributed by atoms with Crippen molar-refractivity contribution in [1.82, 2.24) is 0 Å². The second-order valence-electron chi connectivity index (χ2n) is 2.45. The Kier molecular flexibility index (Phi) is 5.53. The van der Waals surface area contributed by atoms with Crippen LogP contribution in [-0.4, -0.2) is 13.9 Å². The fourth-order valence-electron chi connectivity index (χ4n) is 0.305. The largest absolute Gasteiger partial charge is 0.447 e. The minimum atomic E-state index is -1.56. The summed E-state index contributed by atoms with van der Waals surface area (Å²) in [4.78, 5) is 11.0. The first-order valence-electron chi connectivity index (χ1n) is 3.16.